The van der Waals surface area contributed by atoms with Crippen LogP contribution in [0.25, 0.3) is 0 Å². The lowest BCUT2D eigenvalue weighted by Crippen LogP contribution is -2.24. The van der Waals surface area contributed by atoms with E-state index in [9.17, 15) is 0 Å². The van der Waals surface area contributed by atoms with Crippen molar-refractivity contribution in [3.8, 4) is 0 Å². The van der Waals surface area contributed by atoms with E-state index in [1.165, 1.54) is 76.1 Å². The van der Waals surface area contributed by atoms with Crippen LogP contribution in [-0.2, 0) is 0 Å². The van der Waals surface area contributed by atoms with Gasteiger partial charge in [-0.2, -0.15) is 0 Å². The molecule has 18 heavy (non-hydrogen) atoms. The molecule has 0 spiro atoms. The van der Waals surface area contributed by atoms with Crippen LogP contribution in [0.5, 0.6) is 0 Å². The van der Waals surface area contributed by atoms with Gasteiger partial charge in [0, 0.05) is 37.6 Å². The third kappa shape index (κ3) is 2.63. The Hall–Kier alpha value is -1.18. The SMILES string of the molecule is c1cc(N2CCCC2)ccc1N1CCCCCC1. The summed E-state index contributed by atoms with van der Waals surface area (Å²) >= 11 is 0. The molecule has 2 aliphatic rings. The van der Waals surface area contributed by atoms with E-state index in [1.54, 1.807) is 0 Å². The first-order valence-electron chi connectivity index (χ1n) is 7.53. The summed E-state index contributed by atoms with van der Waals surface area (Å²) in [5.41, 5.74) is 2.82. The summed E-state index contributed by atoms with van der Waals surface area (Å²) in [5.74, 6) is 0. The fourth-order valence-electron chi connectivity index (χ4n) is 3.18. The lowest BCUT2D eigenvalue weighted by molar-refractivity contribution is 0.726. The standard InChI is InChI=1S/C16H24N2/c1-2-4-12-17(11-3-1)15-7-9-16(10-8-15)18-13-5-6-14-18/h7-10H,1-6,11-14H2. The maximum Gasteiger partial charge on any atom is 0.0367 e. The van der Waals surface area contributed by atoms with Crippen LogP contribution in [0.1, 0.15) is 38.5 Å². The first-order valence-corrected chi connectivity index (χ1v) is 7.53. The number of anilines is 2. The highest BCUT2D eigenvalue weighted by molar-refractivity contribution is 5.56. The Balaban J connectivity index is 1.69. The Morgan fingerprint density at radius 1 is 0.500 bits per heavy atom. The minimum atomic E-state index is 1.24. The van der Waals surface area contributed by atoms with Gasteiger partial charge in [-0.05, 0) is 49.9 Å². The third-order valence-corrected chi connectivity index (χ3v) is 4.29. The monoisotopic (exact) mass is 244 g/mol. The molecule has 1 aromatic rings. The van der Waals surface area contributed by atoms with Crippen LogP contribution in [0.4, 0.5) is 11.4 Å². The molecule has 0 bridgehead atoms. The minimum Gasteiger partial charge on any atom is -0.372 e. The van der Waals surface area contributed by atoms with Crippen molar-refractivity contribution in [3.05, 3.63) is 24.3 Å². The molecular weight excluding hydrogens is 220 g/mol. The smallest absolute Gasteiger partial charge is 0.0367 e. The first-order chi connectivity index (χ1) is 8.93. The summed E-state index contributed by atoms with van der Waals surface area (Å²) in [5, 5.41) is 0. The molecule has 2 heterocycles. The minimum absolute atomic E-state index is 1.24. The average molecular weight is 244 g/mol. The topological polar surface area (TPSA) is 6.48 Å². The van der Waals surface area contributed by atoms with Gasteiger partial charge in [0.25, 0.3) is 0 Å². The molecule has 2 aliphatic heterocycles. The highest BCUT2D eigenvalue weighted by Gasteiger charge is 2.13. The van der Waals surface area contributed by atoms with Gasteiger partial charge in [-0.25, -0.2) is 0 Å². The van der Waals surface area contributed by atoms with Crippen molar-refractivity contribution in [2.75, 3.05) is 36.0 Å². The Morgan fingerprint density at radius 3 is 1.22 bits per heavy atom. The molecule has 2 fully saturated rings. The Bertz CT molecular complexity index is 357. The lowest BCUT2D eigenvalue weighted by Gasteiger charge is -2.24. The fraction of sp³-hybridized carbons (Fsp3) is 0.625. The van der Waals surface area contributed by atoms with E-state index < -0.39 is 0 Å². The molecule has 1 aromatic carbocycles. The molecule has 0 unspecified atom stereocenters. The molecule has 3 rings (SSSR count). The van der Waals surface area contributed by atoms with Crippen molar-refractivity contribution in [3.63, 3.8) is 0 Å². The number of hydrogen-bond acceptors (Lipinski definition) is 2. The maximum absolute atomic E-state index is 2.56. The highest BCUT2D eigenvalue weighted by Crippen LogP contribution is 2.25. The molecular formula is C16H24N2. The van der Waals surface area contributed by atoms with Gasteiger partial charge in [0.05, 0.1) is 0 Å². The average Bonchev–Trinajstić information content (AvgIpc) is 2.82. The zero-order chi connectivity index (χ0) is 12.2. The van der Waals surface area contributed by atoms with Crippen molar-refractivity contribution in [1.29, 1.82) is 0 Å². The van der Waals surface area contributed by atoms with Gasteiger partial charge in [0.15, 0.2) is 0 Å². The van der Waals surface area contributed by atoms with Crippen molar-refractivity contribution in [2.45, 2.75) is 38.5 Å². The van der Waals surface area contributed by atoms with Crippen LogP contribution in [-0.4, -0.2) is 26.2 Å². The second-order valence-corrected chi connectivity index (χ2v) is 5.61. The second kappa shape index (κ2) is 5.64. The summed E-state index contributed by atoms with van der Waals surface area (Å²) in [6.07, 6.45) is 8.23. The zero-order valence-electron chi connectivity index (χ0n) is 11.3. The predicted molar refractivity (Wildman–Crippen MR) is 78.6 cm³/mol. The van der Waals surface area contributed by atoms with E-state index in [1.807, 2.05) is 0 Å². The largest absolute Gasteiger partial charge is 0.372 e. The van der Waals surface area contributed by atoms with Gasteiger partial charge in [-0.15, -0.1) is 0 Å². The highest BCUT2D eigenvalue weighted by atomic mass is 15.1. The number of hydrogen-bond donors (Lipinski definition) is 0. The van der Waals surface area contributed by atoms with Gasteiger partial charge >= 0.3 is 0 Å². The molecule has 0 aromatic heterocycles. The number of benzene rings is 1. The van der Waals surface area contributed by atoms with Crippen molar-refractivity contribution in [2.24, 2.45) is 0 Å². The van der Waals surface area contributed by atoms with Crippen LogP contribution in [0, 0.1) is 0 Å². The van der Waals surface area contributed by atoms with E-state index in [4.69, 9.17) is 0 Å². The van der Waals surface area contributed by atoms with Crippen molar-refractivity contribution < 1.29 is 0 Å². The molecule has 0 N–H and O–H groups in total. The zero-order valence-corrected chi connectivity index (χ0v) is 11.3. The molecule has 0 radical (unpaired) electrons. The quantitative estimate of drug-likeness (QED) is 0.783. The van der Waals surface area contributed by atoms with Gasteiger partial charge < -0.3 is 9.80 Å². The second-order valence-electron chi connectivity index (χ2n) is 5.61. The van der Waals surface area contributed by atoms with E-state index in [-0.39, 0.29) is 0 Å². The molecule has 0 aliphatic carbocycles. The van der Waals surface area contributed by atoms with E-state index >= 15 is 0 Å². The van der Waals surface area contributed by atoms with Crippen LogP contribution in [0.2, 0.25) is 0 Å². The summed E-state index contributed by atoms with van der Waals surface area (Å²) in [6.45, 7) is 4.96. The Labute approximate surface area is 111 Å². The molecule has 0 amide bonds. The number of rotatable bonds is 2. The molecule has 2 saturated heterocycles. The van der Waals surface area contributed by atoms with Crippen LogP contribution in [0.3, 0.4) is 0 Å². The molecule has 2 nitrogen and oxygen atoms in total. The third-order valence-electron chi connectivity index (χ3n) is 4.29. The summed E-state index contributed by atoms with van der Waals surface area (Å²) < 4.78 is 0. The van der Waals surface area contributed by atoms with Gasteiger partial charge in [-0.1, -0.05) is 12.8 Å². The Kier molecular flexibility index (Phi) is 3.72. The van der Waals surface area contributed by atoms with Crippen molar-refractivity contribution >= 4 is 11.4 Å². The fourth-order valence-corrected chi connectivity index (χ4v) is 3.18. The van der Waals surface area contributed by atoms with E-state index in [2.05, 4.69) is 34.1 Å². The molecule has 2 heteroatoms. The lowest BCUT2D eigenvalue weighted by atomic mass is 10.2. The van der Waals surface area contributed by atoms with Crippen LogP contribution < -0.4 is 9.80 Å². The molecule has 0 atom stereocenters. The molecule has 0 saturated carbocycles. The summed E-state index contributed by atoms with van der Waals surface area (Å²) in [6, 6.07) is 9.26. The maximum atomic E-state index is 2.56. The van der Waals surface area contributed by atoms with Gasteiger partial charge in [0.2, 0.25) is 0 Å². The molecule has 98 valence electrons. The normalized spacial score (nSPS) is 21.1. The van der Waals surface area contributed by atoms with Crippen molar-refractivity contribution in [1.82, 2.24) is 0 Å². The van der Waals surface area contributed by atoms with Gasteiger partial charge in [-0.3, -0.25) is 0 Å². The Morgan fingerprint density at radius 2 is 0.833 bits per heavy atom. The summed E-state index contributed by atoms with van der Waals surface area (Å²) in [4.78, 5) is 5.06. The first kappa shape index (κ1) is 11.9. The van der Waals surface area contributed by atoms with Crippen LogP contribution in [0.15, 0.2) is 24.3 Å². The summed E-state index contributed by atoms with van der Waals surface area (Å²) in [7, 11) is 0. The van der Waals surface area contributed by atoms with E-state index in [0.29, 0.717) is 0 Å². The van der Waals surface area contributed by atoms with Crippen LogP contribution >= 0.6 is 0 Å². The van der Waals surface area contributed by atoms with E-state index in [0.717, 1.165) is 0 Å². The van der Waals surface area contributed by atoms with Gasteiger partial charge in [0.1, 0.15) is 0 Å². The number of nitrogens with zero attached hydrogens (tertiary/aromatic N) is 2. The predicted octanol–water partition coefficient (Wildman–Crippen LogP) is 3.67.